The summed E-state index contributed by atoms with van der Waals surface area (Å²) in [5, 5.41) is 2.85. The van der Waals surface area contributed by atoms with Crippen LogP contribution in [0.2, 0.25) is 0 Å². The lowest BCUT2D eigenvalue weighted by molar-refractivity contribution is 0.0895. The quantitative estimate of drug-likeness (QED) is 0.774. The van der Waals surface area contributed by atoms with Gasteiger partial charge in [0.25, 0.3) is 5.91 Å². The summed E-state index contributed by atoms with van der Waals surface area (Å²) in [6, 6.07) is 1.61. The fourth-order valence-electron chi connectivity index (χ4n) is 1.34. The van der Waals surface area contributed by atoms with Crippen LogP contribution in [-0.2, 0) is 4.74 Å². The van der Waals surface area contributed by atoms with Crippen molar-refractivity contribution in [2.75, 3.05) is 19.5 Å². The maximum Gasteiger partial charge on any atom is 0.253 e. The third kappa shape index (κ3) is 3.20. The van der Waals surface area contributed by atoms with Gasteiger partial charge in [0.05, 0.1) is 30.1 Å². The van der Waals surface area contributed by atoms with E-state index in [1.165, 1.54) is 6.20 Å². The molecule has 16 heavy (non-hydrogen) atoms. The number of rotatable bonds is 5. The largest absolute Gasteiger partial charge is 0.397 e. The summed E-state index contributed by atoms with van der Waals surface area (Å²) < 4.78 is 5.00. The summed E-state index contributed by atoms with van der Waals surface area (Å²) in [5.74, 6) is -0.191. The Morgan fingerprint density at radius 2 is 2.44 bits per heavy atom. The van der Waals surface area contributed by atoms with Gasteiger partial charge < -0.3 is 15.8 Å². The predicted octanol–water partition coefficient (Wildman–Crippen LogP) is 0.819. The van der Waals surface area contributed by atoms with Gasteiger partial charge in [-0.25, -0.2) is 0 Å². The first-order valence-corrected chi connectivity index (χ1v) is 5.18. The summed E-state index contributed by atoms with van der Waals surface area (Å²) in [5.41, 5.74) is 6.49. The van der Waals surface area contributed by atoms with Crippen LogP contribution in [0.15, 0.2) is 18.5 Å². The van der Waals surface area contributed by atoms with Crippen molar-refractivity contribution in [2.24, 2.45) is 0 Å². The van der Waals surface area contributed by atoms with E-state index in [1.54, 1.807) is 19.4 Å². The molecule has 5 heteroatoms. The minimum Gasteiger partial charge on any atom is -0.397 e. The molecule has 0 saturated heterocycles. The Balaban J connectivity index is 2.68. The van der Waals surface area contributed by atoms with Crippen LogP contribution in [-0.4, -0.2) is 30.6 Å². The van der Waals surface area contributed by atoms with E-state index in [4.69, 9.17) is 10.5 Å². The molecule has 1 heterocycles. The molecule has 0 radical (unpaired) electrons. The number of nitrogen functional groups attached to an aromatic ring is 1. The average Bonchev–Trinajstić information content (AvgIpc) is 2.28. The number of hydrogen-bond donors (Lipinski definition) is 2. The maximum absolute atomic E-state index is 11.8. The maximum atomic E-state index is 11.8. The van der Waals surface area contributed by atoms with E-state index in [0.29, 0.717) is 17.9 Å². The standard InChI is InChI=1S/C11H17N3O2/c1-3-8(7-16-2)14-11(15)9-4-5-13-6-10(9)12/h4-6,8H,3,7,12H2,1-2H3,(H,14,15). The SMILES string of the molecule is CCC(COC)NC(=O)c1ccncc1N. The van der Waals surface area contributed by atoms with Crippen LogP contribution in [0, 0.1) is 0 Å². The van der Waals surface area contributed by atoms with Gasteiger partial charge in [0.1, 0.15) is 0 Å². The average molecular weight is 223 g/mol. The zero-order valence-corrected chi connectivity index (χ0v) is 9.56. The molecular weight excluding hydrogens is 206 g/mol. The Morgan fingerprint density at radius 3 is 3.00 bits per heavy atom. The lowest BCUT2D eigenvalue weighted by Gasteiger charge is -2.16. The molecule has 0 fully saturated rings. The molecule has 0 saturated carbocycles. The highest BCUT2D eigenvalue weighted by Gasteiger charge is 2.13. The van der Waals surface area contributed by atoms with E-state index < -0.39 is 0 Å². The summed E-state index contributed by atoms with van der Waals surface area (Å²) in [6.07, 6.45) is 3.82. The molecule has 1 aromatic rings. The smallest absolute Gasteiger partial charge is 0.253 e. The summed E-state index contributed by atoms with van der Waals surface area (Å²) in [7, 11) is 1.61. The van der Waals surface area contributed by atoms with Crippen LogP contribution in [0.1, 0.15) is 23.7 Å². The molecular formula is C11H17N3O2. The second-order valence-corrected chi connectivity index (χ2v) is 3.50. The van der Waals surface area contributed by atoms with Gasteiger partial charge in [0.15, 0.2) is 0 Å². The molecule has 0 aliphatic carbocycles. The van der Waals surface area contributed by atoms with Crippen LogP contribution in [0.3, 0.4) is 0 Å². The van der Waals surface area contributed by atoms with Crippen molar-refractivity contribution in [1.29, 1.82) is 0 Å². The number of nitrogens with two attached hydrogens (primary N) is 1. The normalized spacial score (nSPS) is 12.1. The Kier molecular flexibility index (Phi) is 4.72. The third-order valence-corrected chi connectivity index (χ3v) is 2.29. The van der Waals surface area contributed by atoms with E-state index in [1.807, 2.05) is 6.92 Å². The number of pyridine rings is 1. The minimum atomic E-state index is -0.191. The Bertz CT molecular complexity index is 355. The minimum absolute atomic E-state index is 0.00469. The molecule has 0 spiro atoms. The molecule has 0 aliphatic heterocycles. The monoisotopic (exact) mass is 223 g/mol. The molecule has 3 N–H and O–H groups in total. The third-order valence-electron chi connectivity index (χ3n) is 2.29. The first kappa shape index (κ1) is 12.4. The number of nitrogens with one attached hydrogen (secondary N) is 1. The number of carbonyl (C=O) groups excluding carboxylic acids is 1. The van der Waals surface area contributed by atoms with E-state index in [9.17, 15) is 4.79 Å². The van der Waals surface area contributed by atoms with Gasteiger partial charge in [-0.2, -0.15) is 0 Å². The number of hydrogen-bond acceptors (Lipinski definition) is 4. The molecule has 5 nitrogen and oxygen atoms in total. The molecule has 1 atom stereocenters. The van der Waals surface area contributed by atoms with Gasteiger partial charge in [-0.3, -0.25) is 9.78 Å². The molecule has 1 amide bonds. The number of ether oxygens (including phenoxy) is 1. The van der Waals surface area contributed by atoms with Crippen LogP contribution < -0.4 is 11.1 Å². The topological polar surface area (TPSA) is 77.2 Å². The molecule has 0 aromatic carbocycles. The highest BCUT2D eigenvalue weighted by atomic mass is 16.5. The number of carbonyl (C=O) groups is 1. The fourth-order valence-corrected chi connectivity index (χ4v) is 1.34. The van der Waals surface area contributed by atoms with Crippen LogP contribution >= 0.6 is 0 Å². The lowest BCUT2D eigenvalue weighted by atomic mass is 10.2. The van der Waals surface area contributed by atoms with Crippen molar-refractivity contribution in [3.63, 3.8) is 0 Å². The van der Waals surface area contributed by atoms with Crippen molar-refractivity contribution < 1.29 is 9.53 Å². The van der Waals surface area contributed by atoms with Gasteiger partial charge >= 0.3 is 0 Å². The Hall–Kier alpha value is -1.62. The van der Waals surface area contributed by atoms with Crippen LogP contribution in [0.25, 0.3) is 0 Å². The number of nitrogens with zero attached hydrogens (tertiary/aromatic N) is 1. The highest BCUT2D eigenvalue weighted by Crippen LogP contribution is 2.08. The number of anilines is 1. The van der Waals surface area contributed by atoms with Crippen LogP contribution in [0.5, 0.6) is 0 Å². The van der Waals surface area contributed by atoms with Crippen molar-refractivity contribution in [3.8, 4) is 0 Å². The molecule has 88 valence electrons. The van der Waals surface area contributed by atoms with Crippen molar-refractivity contribution in [2.45, 2.75) is 19.4 Å². The number of amides is 1. The number of aromatic nitrogens is 1. The van der Waals surface area contributed by atoms with E-state index in [-0.39, 0.29) is 11.9 Å². The van der Waals surface area contributed by atoms with Crippen molar-refractivity contribution in [1.82, 2.24) is 10.3 Å². The van der Waals surface area contributed by atoms with Gasteiger partial charge in [-0.15, -0.1) is 0 Å². The van der Waals surface area contributed by atoms with E-state index in [2.05, 4.69) is 10.3 Å². The summed E-state index contributed by atoms with van der Waals surface area (Å²) >= 11 is 0. The molecule has 1 aromatic heterocycles. The van der Waals surface area contributed by atoms with Gasteiger partial charge in [0, 0.05) is 13.3 Å². The van der Waals surface area contributed by atoms with Gasteiger partial charge in [-0.1, -0.05) is 6.92 Å². The van der Waals surface area contributed by atoms with Crippen LogP contribution in [0.4, 0.5) is 5.69 Å². The first-order valence-electron chi connectivity index (χ1n) is 5.18. The molecule has 1 rings (SSSR count). The molecule has 0 aliphatic rings. The second-order valence-electron chi connectivity index (χ2n) is 3.50. The van der Waals surface area contributed by atoms with Crippen molar-refractivity contribution >= 4 is 11.6 Å². The fraction of sp³-hybridized carbons (Fsp3) is 0.455. The molecule has 1 unspecified atom stereocenters. The first-order chi connectivity index (χ1) is 7.69. The predicted molar refractivity (Wildman–Crippen MR) is 62.1 cm³/mol. The molecule has 0 bridgehead atoms. The Morgan fingerprint density at radius 1 is 1.69 bits per heavy atom. The second kappa shape index (κ2) is 6.07. The van der Waals surface area contributed by atoms with Crippen molar-refractivity contribution in [3.05, 3.63) is 24.0 Å². The summed E-state index contributed by atoms with van der Waals surface area (Å²) in [6.45, 7) is 2.48. The summed E-state index contributed by atoms with van der Waals surface area (Å²) in [4.78, 5) is 15.7. The Labute approximate surface area is 95.0 Å². The number of methoxy groups -OCH3 is 1. The lowest BCUT2D eigenvalue weighted by Crippen LogP contribution is -2.37. The van der Waals surface area contributed by atoms with Gasteiger partial charge in [-0.05, 0) is 12.5 Å². The highest BCUT2D eigenvalue weighted by molar-refractivity contribution is 5.98. The zero-order valence-electron chi connectivity index (χ0n) is 9.56. The zero-order chi connectivity index (χ0) is 12.0. The van der Waals surface area contributed by atoms with Gasteiger partial charge in [0.2, 0.25) is 0 Å². The van der Waals surface area contributed by atoms with E-state index >= 15 is 0 Å². The van der Waals surface area contributed by atoms with E-state index in [0.717, 1.165) is 6.42 Å².